The number of hydrogen-bond acceptors (Lipinski definition) is 4. The van der Waals surface area contributed by atoms with Gasteiger partial charge in [-0.05, 0) is 59.4 Å². The minimum atomic E-state index is -0.316. The Balaban J connectivity index is 1.37. The fourth-order valence-electron chi connectivity index (χ4n) is 3.50. The summed E-state index contributed by atoms with van der Waals surface area (Å²) >= 11 is 15.3. The first-order valence-corrected chi connectivity index (χ1v) is 11.5. The molecule has 0 fully saturated rings. The number of halogens is 2. The Kier molecular flexibility index (Phi) is 5.80. The molecule has 2 N–H and O–H groups in total. The molecule has 0 saturated carbocycles. The van der Waals surface area contributed by atoms with Crippen molar-refractivity contribution in [1.29, 1.82) is 0 Å². The predicted octanol–water partition coefficient (Wildman–Crippen LogP) is 6.12. The molecule has 0 aliphatic rings. The van der Waals surface area contributed by atoms with Gasteiger partial charge in [-0.25, -0.2) is 0 Å². The molecular formula is C24H15BrClN5OS. The second-order valence-electron chi connectivity index (χ2n) is 7.19. The lowest BCUT2D eigenvalue weighted by atomic mass is 10.0. The third-order valence-electron chi connectivity index (χ3n) is 5.05. The van der Waals surface area contributed by atoms with Crippen LogP contribution in [-0.2, 0) is 0 Å². The van der Waals surface area contributed by atoms with Crippen molar-refractivity contribution in [3.63, 3.8) is 0 Å². The van der Waals surface area contributed by atoms with Gasteiger partial charge in [-0.2, -0.15) is 4.80 Å². The van der Waals surface area contributed by atoms with Crippen LogP contribution in [0, 0.1) is 0 Å². The molecule has 0 unspecified atom stereocenters. The SMILES string of the molecule is O=C(NC(=S)Nc1cc2nn(-c3ccccc3)nc2cc1Cl)c1cccc2c(Br)cccc12. The van der Waals surface area contributed by atoms with Gasteiger partial charge in [-0.1, -0.05) is 70.0 Å². The summed E-state index contributed by atoms with van der Waals surface area (Å²) in [6, 6.07) is 24.3. The van der Waals surface area contributed by atoms with Crippen molar-refractivity contribution in [3.05, 3.63) is 93.9 Å². The Hall–Kier alpha value is -3.33. The average Bonchev–Trinajstić information content (AvgIpc) is 3.22. The Bertz CT molecular complexity index is 1540. The van der Waals surface area contributed by atoms with Crippen molar-refractivity contribution in [2.24, 2.45) is 0 Å². The zero-order chi connectivity index (χ0) is 22.9. The topological polar surface area (TPSA) is 71.8 Å². The van der Waals surface area contributed by atoms with Crippen molar-refractivity contribution < 1.29 is 4.79 Å². The highest BCUT2D eigenvalue weighted by Crippen LogP contribution is 2.28. The van der Waals surface area contributed by atoms with E-state index in [9.17, 15) is 4.79 Å². The van der Waals surface area contributed by atoms with Gasteiger partial charge in [0.05, 0.1) is 16.4 Å². The van der Waals surface area contributed by atoms with Crippen molar-refractivity contribution in [1.82, 2.24) is 20.3 Å². The van der Waals surface area contributed by atoms with Crippen LogP contribution < -0.4 is 10.6 Å². The number of thiocarbonyl (C=S) groups is 1. The molecule has 0 atom stereocenters. The maximum absolute atomic E-state index is 12.9. The number of carbonyl (C=O) groups excluding carboxylic acids is 1. The lowest BCUT2D eigenvalue weighted by molar-refractivity contribution is 0.0979. The van der Waals surface area contributed by atoms with Gasteiger partial charge in [0.2, 0.25) is 0 Å². The van der Waals surface area contributed by atoms with E-state index in [1.54, 1.807) is 23.0 Å². The molecule has 162 valence electrons. The molecule has 1 aromatic heterocycles. The van der Waals surface area contributed by atoms with Crippen molar-refractivity contribution in [3.8, 4) is 5.69 Å². The summed E-state index contributed by atoms with van der Waals surface area (Å²) in [4.78, 5) is 14.5. The van der Waals surface area contributed by atoms with Crippen molar-refractivity contribution in [2.45, 2.75) is 0 Å². The predicted molar refractivity (Wildman–Crippen MR) is 139 cm³/mol. The zero-order valence-electron chi connectivity index (χ0n) is 16.9. The van der Waals surface area contributed by atoms with Crippen LogP contribution in [0.15, 0.2) is 83.3 Å². The molecule has 0 aliphatic carbocycles. The summed E-state index contributed by atoms with van der Waals surface area (Å²) < 4.78 is 0.916. The molecule has 1 amide bonds. The van der Waals surface area contributed by atoms with Gasteiger partial charge in [0.1, 0.15) is 11.0 Å². The number of hydrogen-bond donors (Lipinski definition) is 2. The Morgan fingerprint density at radius 1 is 0.909 bits per heavy atom. The van der Waals surface area contributed by atoms with Crippen LogP contribution in [0.5, 0.6) is 0 Å². The average molecular weight is 537 g/mol. The zero-order valence-corrected chi connectivity index (χ0v) is 20.1. The van der Waals surface area contributed by atoms with E-state index in [2.05, 4.69) is 36.8 Å². The number of para-hydroxylation sites is 1. The molecule has 9 heteroatoms. The quantitative estimate of drug-likeness (QED) is 0.272. The minimum absolute atomic E-state index is 0.128. The maximum Gasteiger partial charge on any atom is 0.258 e. The van der Waals surface area contributed by atoms with Gasteiger partial charge in [0.25, 0.3) is 5.91 Å². The third-order valence-corrected chi connectivity index (χ3v) is 6.25. The van der Waals surface area contributed by atoms with Crippen LogP contribution >= 0.6 is 39.7 Å². The monoisotopic (exact) mass is 535 g/mol. The Labute approximate surface area is 207 Å². The largest absolute Gasteiger partial charge is 0.331 e. The minimum Gasteiger partial charge on any atom is -0.331 e. The number of amides is 1. The van der Waals surface area contributed by atoms with Crippen molar-refractivity contribution in [2.75, 3.05) is 5.32 Å². The number of benzene rings is 4. The molecule has 0 bridgehead atoms. The van der Waals surface area contributed by atoms with E-state index in [0.717, 1.165) is 20.9 Å². The summed E-state index contributed by atoms with van der Waals surface area (Å²) in [5.74, 6) is -0.316. The van der Waals surface area contributed by atoms with E-state index in [1.165, 1.54) is 0 Å². The van der Waals surface area contributed by atoms with Crippen LogP contribution in [-0.4, -0.2) is 26.0 Å². The summed E-state index contributed by atoms with van der Waals surface area (Å²) in [5.41, 5.74) is 3.16. The van der Waals surface area contributed by atoms with Crippen LogP contribution in [0.3, 0.4) is 0 Å². The molecule has 0 aliphatic heterocycles. The molecule has 0 radical (unpaired) electrons. The fourth-order valence-corrected chi connectivity index (χ4v) is 4.41. The summed E-state index contributed by atoms with van der Waals surface area (Å²) in [6.07, 6.45) is 0. The molecule has 0 saturated heterocycles. The standard InChI is InChI=1S/C24H15BrClN5OS/c25-18-11-5-8-15-16(18)9-4-10-17(15)23(32)28-24(33)27-20-13-22-21(12-19(20)26)29-31(30-22)14-6-2-1-3-7-14/h1-13H,(H2,27,28,32,33). The van der Waals surface area contributed by atoms with Crippen LogP contribution in [0.2, 0.25) is 5.02 Å². The highest BCUT2D eigenvalue weighted by molar-refractivity contribution is 9.10. The molecule has 5 rings (SSSR count). The van der Waals surface area contributed by atoms with Gasteiger partial charge in [-0.3, -0.25) is 10.1 Å². The second-order valence-corrected chi connectivity index (χ2v) is 8.86. The van der Waals surface area contributed by atoms with Gasteiger partial charge in [-0.15, -0.1) is 10.2 Å². The fraction of sp³-hybridized carbons (Fsp3) is 0. The van der Waals surface area contributed by atoms with Crippen molar-refractivity contribution >= 4 is 78.3 Å². The molecule has 4 aromatic carbocycles. The molecule has 1 heterocycles. The van der Waals surface area contributed by atoms with E-state index >= 15 is 0 Å². The summed E-state index contributed by atoms with van der Waals surface area (Å²) in [5, 5.41) is 17.0. The lowest BCUT2D eigenvalue weighted by Crippen LogP contribution is -2.34. The number of aromatic nitrogens is 3. The number of rotatable bonds is 3. The number of nitrogens with one attached hydrogen (secondary N) is 2. The van der Waals surface area contributed by atoms with Crippen LogP contribution in [0.1, 0.15) is 10.4 Å². The first-order valence-electron chi connectivity index (χ1n) is 9.91. The molecule has 33 heavy (non-hydrogen) atoms. The van der Waals surface area contributed by atoms with Gasteiger partial charge >= 0.3 is 0 Å². The molecular weight excluding hydrogens is 522 g/mol. The Morgan fingerprint density at radius 2 is 1.61 bits per heavy atom. The van der Waals surface area contributed by atoms with Gasteiger partial charge in [0, 0.05) is 10.0 Å². The lowest BCUT2D eigenvalue weighted by Gasteiger charge is -2.12. The van der Waals surface area contributed by atoms with E-state index in [1.807, 2.05) is 60.7 Å². The number of anilines is 1. The van der Waals surface area contributed by atoms with Gasteiger partial charge in [0.15, 0.2) is 5.11 Å². The smallest absolute Gasteiger partial charge is 0.258 e. The molecule has 0 spiro atoms. The van der Waals surface area contributed by atoms with Crippen LogP contribution in [0.25, 0.3) is 27.5 Å². The molecule has 6 nitrogen and oxygen atoms in total. The number of fused-ring (bicyclic) bond motifs is 2. The highest BCUT2D eigenvalue weighted by atomic mass is 79.9. The maximum atomic E-state index is 12.9. The first kappa shape index (κ1) is 21.5. The number of nitrogens with zero attached hydrogens (tertiary/aromatic N) is 3. The van der Waals surface area contributed by atoms with E-state index < -0.39 is 0 Å². The first-order chi connectivity index (χ1) is 16.0. The van der Waals surface area contributed by atoms with Crippen LogP contribution in [0.4, 0.5) is 5.69 Å². The second kappa shape index (κ2) is 8.90. The highest BCUT2D eigenvalue weighted by Gasteiger charge is 2.15. The summed E-state index contributed by atoms with van der Waals surface area (Å²) in [7, 11) is 0. The van der Waals surface area contributed by atoms with E-state index in [0.29, 0.717) is 27.3 Å². The van der Waals surface area contributed by atoms with E-state index in [4.69, 9.17) is 23.8 Å². The summed E-state index contributed by atoms with van der Waals surface area (Å²) in [6.45, 7) is 0. The Morgan fingerprint density at radius 3 is 2.39 bits per heavy atom. The van der Waals surface area contributed by atoms with Gasteiger partial charge < -0.3 is 5.32 Å². The number of carbonyl (C=O) groups is 1. The normalized spacial score (nSPS) is 11.0. The molecule has 5 aromatic rings. The third kappa shape index (κ3) is 4.32. The van der Waals surface area contributed by atoms with E-state index in [-0.39, 0.29) is 11.0 Å².